The summed E-state index contributed by atoms with van der Waals surface area (Å²) in [7, 11) is 0. The summed E-state index contributed by atoms with van der Waals surface area (Å²) in [6, 6.07) is 3.30. The van der Waals surface area contributed by atoms with Crippen LogP contribution < -0.4 is 5.73 Å². The van der Waals surface area contributed by atoms with Gasteiger partial charge in [-0.15, -0.1) is 0 Å². The fraction of sp³-hybridized carbons (Fsp3) is 0. The van der Waals surface area contributed by atoms with Gasteiger partial charge in [0.2, 0.25) is 0 Å². The number of nitrogens with two attached hydrogens (primary N) is 1. The summed E-state index contributed by atoms with van der Waals surface area (Å²) in [5, 5.41) is 8.53. The van der Waals surface area contributed by atoms with Crippen molar-refractivity contribution in [3.8, 4) is 6.07 Å². The van der Waals surface area contributed by atoms with E-state index in [1.165, 1.54) is 12.3 Å². The Morgan fingerprint density at radius 2 is 2.42 bits per heavy atom. The third-order valence-electron chi connectivity index (χ3n) is 1.36. The molecule has 0 saturated heterocycles. The lowest BCUT2D eigenvalue weighted by Gasteiger charge is -1.94. The molecule has 0 fully saturated rings. The van der Waals surface area contributed by atoms with E-state index in [2.05, 4.69) is 6.58 Å². The van der Waals surface area contributed by atoms with Gasteiger partial charge in [-0.05, 0) is 6.07 Å². The number of amides is 1. The van der Waals surface area contributed by atoms with Gasteiger partial charge in [-0.3, -0.25) is 4.79 Å². The number of furan rings is 1. The standard InChI is InChI=1S/C8H6N2O2/c1-5(8(10)11)7-6(4-9)2-3-12-7/h2-3H,1H2,(H2,10,11). The first-order valence-electron chi connectivity index (χ1n) is 3.13. The summed E-state index contributed by atoms with van der Waals surface area (Å²) in [5.41, 5.74) is 5.22. The average molecular weight is 162 g/mol. The molecule has 0 aliphatic carbocycles. The van der Waals surface area contributed by atoms with Crippen molar-refractivity contribution in [3.63, 3.8) is 0 Å². The maximum atomic E-state index is 10.6. The molecular formula is C8H6N2O2. The molecule has 4 heteroatoms. The zero-order valence-corrected chi connectivity index (χ0v) is 6.20. The van der Waals surface area contributed by atoms with E-state index in [0.717, 1.165) is 0 Å². The summed E-state index contributed by atoms with van der Waals surface area (Å²) in [5.74, 6) is -0.550. The Bertz CT molecular complexity index is 371. The number of nitriles is 1. The minimum atomic E-state index is -0.693. The first kappa shape index (κ1) is 8.08. The Kier molecular flexibility index (Phi) is 1.97. The molecule has 0 saturated carbocycles. The first-order chi connectivity index (χ1) is 5.66. The number of carbonyl (C=O) groups is 1. The molecule has 0 spiro atoms. The molecule has 0 aromatic carbocycles. The van der Waals surface area contributed by atoms with Gasteiger partial charge >= 0.3 is 0 Å². The maximum absolute atomic E-state index is 10.6. The lowest BCUT2D eigenvalue weighted by Crippen LogP contribution is -2.12. The van der Waals surface area contributed by atoms with Crippen molar-refractivity contribution in [3.05, 3.63) is 30.2 Å². The molecule has 1 rings (SSSR count). The third-order valence-corrected chi connectivity index (χ3v) is 1.36. The smallest absolute Gasteiger partial charge is 0.251 e. The van der Waals surface area contributed by atoms with Crippen LogP contribution in [0.1, 0.15) is 11.3 Å². The molecule has 1 aromatic rings. The number of hydrogen-bond donors (Lipinski definition) is 1. The lowest BCUT2D eigenvalue weighted by molar-refractivity contribution is -0.112. The largest absolute Gasteiger partial charge is 0.463 e. The highest BCUT2D eigenvalue weighted by atomic mass is 16.3. The normalized spacial score (nSPS) is 8.92. The predicted molar refractivity (Wildman–Crippen MR) is 41.7 cm³/mol. The third kappa shape index (κ3) is 1.20. The Hall–Kier alpha value is -2.02. The number of hydrogen-bond acceptors (Lipinski definition) is 3. The maximum Gasteiger partial charge on any atom is 0.251 e. The van der Waals surface area contributed by atoms with Crippen molar-refractivity contribution in [2.75, 3.05) is 0 Å². The molecule has 2 N–H and O–H groups in total. The van der Waals surface area contributed by atoms with Gasteiger partial charge in [-0.2, -0.15) is 5.26 Å². The van der Waals surface area contributed by atoms with Gasteiger partial charge in [0, 0.05) is 0 Å². The van der Waals surface area contributed by atoms with Gasteiger partial charge in [0.05, 0.1) is 17.4 Å². The topological polar surface area (TPSA) is 80.0 Å². The molecular weight excluding hydrogens is 156 g/mol. The molecule has 4 nitrogen and oxygen atoms in total. The second kappa shape index (κ2) is 2.93. The van der Waals surface area contributed by atoms with Gasteiger partial charge < -0.3 is 10.2 Å². The summed E-state index contributed by atoms with van der Waals surface area (Å²) >= 11 is 0. The zero-order chi connectivity index (χ0) is 9.14. The van der Waals surface area contributed by atoms with Crippen molar-refractivity contribution in [1.82, 2.24) is 0 Å². The number of nitrogens with zero attached hydrogens (tertiary/aromatic N) is 1. The number of rotatable bonds is 2. The van der Waals surface area contributed by atoms with Gasteiger partial charge in [0.15, 0.2) is 5.76 Å². The molecule has 1 amide bonds. The van der Waals surface area contributed by atoms with E-state index in [-0.39, 0.29) is 16.9 Å². The highest BCUT2D eigenvalue weighted by Gasteiger charge is 2.13. The van der Waals surface area contributed by atoms with E-state index in [0.29, 0.717) is 0 Å². The zero-order valence-electron chi connectivity index (χ0n) is 6.20. The molecule has 60 valence electrons. The van der Waals surface area contributed by atoms with Crippen molar-refractivity contribution in [2.24, 2.45) is 5.73 Å². The fourth-order valence-electron chi connectivity index (χ4n) is 0.743. The van der Waals surface area contributed by atoms with Crippen LogP contribution in [0.2, 0.25) is 0 Å². The molecule has 1 heterocycles. The van der Waals surface area contributed by atoms with Crippen LogP contribution in [0.4, 0.5) is 0 Å². The van der Waals surface area contributed by atoms with E-state index in [9.17, 15) is 4.79 Å². The molecule has 0 aliphatic rings. The van der Waals surface area contributed by atoms with Gasteiger partial charge in [-0.1, -0.05) is 6.58 Å². The van der Waals surface area contributed by atoms with E-state index in [1.807, 2.05) is 6.07 Å². The van der Waals surface area contributed by atoms with E-state index >= 15 is 0 Å². The molecule has 0 unspecified atom stereocenters. The van der Waals surface area contributed by atoms with Crippen LogP contribution in [0, 0.1) is 11.3 Å². The molecule has 1 aromatic heterocycles. The molecule has 12 heavy (non-hydrogen) atoms. The van der Waals surface area contributed by atoms with Gasteiger partial charge in [-0.25, -0.2) is 0 Å². The van der Waals surface area contributed by atoms with Crippen LogP contribution in [-0.4, -0.2) is 5.91 Å². The lowest BCUT2D eigenvalue weighted by atomic mass is 10.1. The van der Waals surface area contributed by atoms with Crippen molar-refractivity contribution in [2.45, 2.75) is 0 Å². The summed E-state index contributed by atoms with van der Waals surface area (Å²) in [6.45, 7) is 3.39. The Labute approximate surface area is 68.9 Å². The second-order valence-electron chi connectivity index (χ2n) is 2.12. The Morgan fingerprint density at radius 1 is 1.75 bits per heavy atom. The van der Waals surface area contributed by atoms with Crippen molar-refractivity contribution in [1.29, 1.82) is 5.26 Å². The monoisotopic (exact) mass is 162 g/mol. The predicted octanol–water partition coefficient (Wildman–Crippen LogP) is 0.650. The fourth-order valence-corrected chi connectivity index (χ4v) is 0.743. The van der Waals surface area contributed by atoms with Crippen LogP contribution in [0.5, 0.6) is 0 Å². The van der Waals surface area contributed by atoms with E-state index in [1.54, 1.807) is 0 Å². The van der Waals surface area contributed by atoms with E-state index in [4.69, 9.17) is 15.4 Å². The average Bonchev–Trinajstić information content (AvgIpc) is 2.49. The van der Waals surface area contributed by atoms with Crippen molar-refractivity contribution >= 4 is 11.5 Å². The van der Waals surface area contributed by atoms with E-state index < -0.39 is 5.91 Å². The minimum absolute atomic E-state index is 0.0107. The van der Waals surface area contributed by atoms with Gasteiger partial charge in [0.1, 0.15) is 6.07 Å². The van der Waals surface area contributed by atoms with Crippen LogP contribution in [0.3, 0.4) is 0 Å². The summed E-state index contributed by atoms with van der Waals surface area (Å²) in [6.07, 6.45) is 1.31. The van der Waals surface area contributed by atoms with Crippen molar-refractivity contribution < 1.29 is 9.21 Å². The number of primary amides is 1. The van der Waals surface area contributed by atoms with Crippen LogP contribution >= 0.6 is 0 Å². The highest BCUT2D eigenvalue weighted by Crippen LogP contribution is 2.17. The number of carbonyl (C=O) groups excluding carboxylic acids is 1. The SMILES string of the molecule is C=C(C(N)=O)c1occc1C#N. The second-order valence-corrected chi connectivity index (χ2v) is 2.12. The first-order valence-corrected chi connectivity index (χ1v) is 3.13. The Morgan fingerprint density at radius 3 is 2.92 bits per heavy atom. The molecule has 0 aliphatic heterocycles. The van der Waals surface area contributed by atoms with Crippen LogP contribution in [-0.2, 0) is 4.79 Å². The Balaban J connectivity index is 3.12. The molecule has 0 bridgehead atoms. The quantitative estimate of drug-likeness (QED) is 0.648. The molecule has 0 atom stereocenters. The highest BCUT2D eigenvalue weighted by molar-refractivity contribution is 6.17. The summed E-state index contributed by atoms with van der Waals surface area (Å²) in [4.78, 5) is 10.6. The van der Waals surface area contributed by atoms with Crippen LogP contribution in [0.15, 0.2) is 23.3 Å². The minimum Gasteiger partial charge on any atom is -0.463 e. The van der Waals surface area contributed by atoms with Gasteiger partial charge in [0.25, 0.3) is 5.91 Å². The molecule has 0 radical (unpaired) electrons. The van der Waals surface area contributed by atoms with Crippen LogP contribution in [0.25, 0.3) is 5.57 Å². The summed E-state index contributed by atoms with van der Waals surface area (Å²) < 4.78 is 4.86.